The van der Waals surface area contributed by atoms with E-state index >= 15 is 0 Å². The van der Waals surface area contributed by atoms with Gasteiger partial charge in [-0.1, -0.05) is 26.0 Å². The monoisotopic (exact) mass is 266 g/mol. The van der Waals surface area contributed by atoms with E-state index in [1.54, 1.807) is 6.07 Å². The molecule has 0 aliphatic heterocycles. The van der Waals surface area contributed by atoms with Gasteiger partial charge in [-0.05, 0) is 37.7 Å². The summed E-state index contributed by atoms with van der Waals surface area (Å²) in [7, 11) is 3.84. The van der Waals surface area contributed by atoms with Gasteiger partial charge in [-0.3, -0.25) is 4.79 Å². The lowest BCUT2D eigenvalue weighted by atomic mass is 10.1. The van der Waals surface area contributed by atoms with E-state index in [9.17, 15) is 9.18 Å². The van der Waals surface area contributed by atoms with E-state index in [-0.39, 0.29) is 17.8 Å². The lowest BCUT2D eigenvalue weighted by Crippen LogP contribution is -2.35. The highest BCUT2D eigenvalue weighted by Gasteiger charge is 2.16. The van der Waals surface area contributed by atoms with Crippen molar-refractivity contribution in [3.63, 3.8) is 0 Å². The zero-order chi connectivity index (χ0) is 14.4. The molecule has 1 amide bonds. The van der Waals surface area contributed by atoms with Gasteiger partial charge in [-0.25, -0.2) is 4.39 Å². The summed E-state index contributed by atoms with van der Waals surface area (Å²) >= 11 is 0. The van der Waals surface area contributed by atoms with E-state index in [4.69, 9.17) is 0 Å². The maximum absolute atomic E-state index is 13.3. The van der Waals surface area contributed by atoms with Gasteiger partial charge in [0.25, 0.3) is 0 Å². The first-order chi connectivity index (χ1) is 8.90. The molecule has 3 nitrogen and oxygen atoms in total. The fourth-order valence-corrected chi connectivity index (χ4v) is 1.97. The molecule has 0 radical (unpaired) electrons. The van der Waals surface area contributed by atoms with E-state index in [1.807, 2.05) is 38.9 Å². The predicted octanol–water partition coefficient (Wildman–Crippen LogP) is 2.59. The molecule has 19 heavy (non-hydrogen) atoms. The summed E-state index contributed by atoms with van der Waals surface area (Å²) in [6.07, 6.45) is 0.517. The van der Waals surface area contributed by atoms with Crippen LogP contribution >= 0.6 is 0 Å². The zero-order valence-electron chi connectivity index (χ0n) is 12.1. The highest BCUT2D eigenvalue weighted by atomic mass is 19.1. The van der Waals surface area contributed by atoms with Crippen LogP contribution in [0.1, 0.15) is 31.9 Å². The quantitative estimate of drug-likeness (QED) is 0.858. The molecule has 0 saturated carbocycles. The van der Waals surface area contributed by atoms with Crippen LogP contribution < -0.4 is 5.32 Å². The Balaban J connectivity index is 2.66. The average Bonchev–Trinajstić information content (AvgIpc) is 2.27. The second-order valence-electron chi connectivity index (χ2n) is 5.44. The van der Waals surface area contributed by atoms with Crippen LogP contribution in [-0.4, -0.2) is 31.4 Å². The van der Waals surface area contributed by atoms with Crippen LogP contribution in [0.5, 0.6) is 0 Å². The van der Waals surface area contributed by atoms with Crippen molar-refractivity contribution in [3.05, 3.63) is 35.6 Å². The third-order valence-corrected chi connectivity index (χ3v) is 2.94. The van der Waals surface area contributed by atoms with Crippen LogP contribution in [0, 0.1) is 11.7 Å². The minimum atomic E-state index is -0.252. The number of benzene rings is 1. The minimum absolute atomic E-state index is 0.0215. The molecule has 1 atom stereocenters. The summed E-state index contributed by atoms with van der Waals surface area (Å²) in [4.78, 5) is 13.7. The fraction of sp³-hybridized carbons (Fsp3) is 0.533. The summed E-state index contributed by atoms with van der Waals surface area (Å²) in [5.74, 6) is 0.128. The molecular weight excluding hydrogens is 243 g/mol. The molecule has 106 valence electrons. The largest absolute Gasteiger partial charge is 0.354 e. The van der Waals surface area contributed by atoms with Gasteiger partial charge in [-0.2, -0.15) is 0 Å². The number of amides is 1. The summed E-state index contributed by atoms with van der Waals surface area (Å²) < 4.78 is 13.3. The molecule has 0 fully saturated rings. The van der Waals surface area contributed by atoms with Crippen LogP contribution in [0.4, 0.5) is 4.39 Å². The Kier molecular flexibility index (Phi) is 5.96. The Morgan fingerprint density at radius 2 is 2.05 bits per heavy atom. The second kappa shape index (κ2) is 7.24. The minimum Gasteiger partial charge on any atom is -0.354 e. The maximum atomic E-state index is 13.3. The Bertz CT molecular complexity index is 418. The van der Waals surface area contributed by atoms with Crippen molar-refractivity contribution >= 4 is 5.91 Å². The van der Waals surface area contributed by atoms with Crippen LogP contribution in [0.25, 0.3) is 0 Å². The highest BCUT2D eigenvalue weighted by molar-refractivity contribution is 5.76. The molecule has 1 aromatic rings. The van der Waals surface area contributed by atoms with Crippen molar-refractivity contribution in [1.82, 2.24) is 10.2 Å². The first-order valence-corrected chi connectivity index (χ1v) is 6.58. The topological polar surface area (TPSA) is 32.3 Å². The highest BCUT2D eigenvalue weighted by Crippen LogP contribution is 2.18. The van der Waals surface area contributed by atoms with Crippen molar-refractivity contribution < 1.29 is 9.18 Å². The lowest BCUT2D eigenvalue weighted by Gasteiger charge is -2.25. The normalized spacial score (nSPS) is 12.8. The van der Waals surface area contributed by atoms with Crippen LogP contribution in [0.3, 0.4) is 0 Å². The van der Waals surface area contributed by atoms with Gasteiger partial charge >= 0.3 is 0 Å². The summed E-state index contributed by atoms with van der Waals surface area (Å²) in [6.45, 7) is 4.51. The number of carbonyl (C=O) groups is 1. The van der Waals surface area contributed by atoms with Gasteiger partial charge in [0.05, 0.1) is 6.04 Å². The molecule has 0 heterocycles. The van der Waals surface area contributed by atoms with Crippen molar-refractivity contribution in [2.24, 2.45) is 5.92 Å². The Morgan fingerprint density at radius 1 is 1.37 bits per heavy atom. The van der Waals surface area contributed by atoms with Crippen LogP contribution in [-0.2, 0) is 4.79 Å². The summed E-state index contributed by atoms with van der Waals surface area (Å²) in [6, 6.07) is 6.48. The number of hydrogen-bond acceptors (Lipinski definition) is 2. The molecule has 4 heteroatoms. The van der Waals surface area contributed by atoms with E-state index in [2.05, 4.69) is 5.32 Å². The maximum Gasteiger partial charge on any atom is 0.220 e. The van der Waals surface area contributed by atoms with Crippen molar-refractivity contribution in [1.29, 1.82) is 0 Å². The van der Waals surface area contributed by atoms with Gasteiger partial charge in [0.15, 0.2) is 0 Å². The van der Waals surface area contributed by atoms with Crippen molar-refractivity contribution in [2.75, 3.05) is 20.6 Å². The van der Waals surface area contributed by atoms with E-state index in [1.165, 1.54) is 12.1 Å². The van der Waals surface area contributed by atoms with Crippen molar-refractivity contribution in [3.8, 4) is 0 Å². The number of likely N-dealkylation sites (N-methyl/N-ethyl adjacent to an activating group) is 1. The standard InChI is InChI=1S/C15H23FN2O/c1-11(2)8-15(19)17-10-14(18(3)4)12-6-5-7-13(16)9-12/h5-7,9,11,14H,8,10H2,1-4H3,(H,17,19). The first kappa shape index (κ1) is 15.6. The van der Waals surface area contributed by atoms with Crippen LogP contribution in [0.15, 0.2) is 24.3 Å². The number of carbonyl (C=O) groups excluding carboxylic acids is 1. The molecular formula is C15H23FN2O. The number of nitrogens with zero attached hydrogens (tertiary/aromatic N) is 1. The van der Waals surface area contributed by atoms with E-state index < -0.39 is 0 Å². The number of nitrogens with one attached hydrogen (secondary N) is 1. The molecule has 0 aliphatic carbocycles. The average molecular weight is 266 g/mol. The van der Waals surface area contributed by atoms with E-state index in [0.717, 1.165) is 5.56 Å². The Labute approximate surface area is 114 Å². The number of rotatable bonds is 6. The molecule has 0 spiro atoms. The second-order valence-corrected chi connectivity index (χ2v) is 5.44. The van der Waals surface area contributed by atoms with Gasteiger partial charge in [0.2, 0.25) is 5.91 Å². The predicted molar refractivity (Wildman–Crippen MR) is 75.3 cm³/mol. The number of halogens is 1. The van der Waals surface area contributed by atoms with Gasteiger partial charge in [-0.15, -0.1) is 0 Å². The third kappa shape index (κ3) is 5.39. The molecule has 1 aromatic carbocycles. The number of hydrogen-bond donors (Lipinski definition) is 1. The smallest absolute Gasteiger partial charge is 0.220 e. The molecule has 0 saturated heterocycles. The molecule has 1 rings (SSSR count). The van der Waals surface area contributed by atoms with E-state index in [0.29, 0.717) is 18.9 Å². The molecule has 1 N–H and O–H groups in total. The zero-order valence-corrected chi connectivity index (χ0v) is 12.1. The third-order valence-electron chi connectivity index (χ3n) is 2.94. The van der Waals surface area contributed by atoms with Crippen molar-refractivity contribution in [2.45, 2.75) is 26.3 Å². The fourth-order valence-electron chi connectivity index (χ4n) is 1.97. The molecule has 1 unspecified atom stereocenters. The molecule has 0 aliphatic rings. The lowest BCUT2D eigenvalue weighted by molar-refractivity contribution is -0.122. The molecule has 0 aromatic heterocycles. The van der Waals surface area contributed by atoms with Crippen LogP contribution in [0.2, 0.25) is 0 Å². The van der Waals surface area contributed by atoms with Gasteiger partial charge in [0, 0.05) is 13.0 Å². The molecule has 0 bridgehead atoms. The first-order valence-electron chi connectivity index (χ1n) is 6.58. The van der Waals surface area contributed by atoms with Gasteiger partial charge in [0.1, 0.15) is 5.82 Å². The summed E-state index contributed by atoms with van der Waals surface area (Å²) in [5, 5.41) is 2.91. The Morgan fingerprint density at radius 3 is 2.58 bits per heavy atom. The SMILES string of the molecule is CC(C)CC(=O)NCC(c1cccc(F)c1)N(C)C. The Hall–Kier alpha value is -1.42. The summed E-state index contributed by atoms with van der Waals surface area (Å²) in [5.41, 5.74) is 0.870. The van der Waals surface area contributed by atoms with Gasteiger partial charge < -0.3 is 10.2 Å².